The van der Waals surface area contributed by atoms with Crippen LogP contribution in [0.1, 0.15) is 5.56 Å². The summed E-state index contributed by atoms with van der Waals surface area (Å²) in [5, 5.41) is 26.9. The Morgan fingerprint density at radius 2 is 1.79 bits per heavy atom. The monoisotopic (exact) mass is 306 g/mol. The molecule has 0 aliphatic heterocycles. The predicted molar refractivity (Wildman–Crippen MR) is 59.2 cm³/mol. The third-order valence-corrected chi connectivity index (χ3v) is 2.58. The topological polar surface area (TPSA) is 77.8 Å². The van der Waals surface area contributed by atoms with E-state index in [2.05, 4.69) is 0 Å². The quantitative estimate of drug-likeness (QED) is 0.575. The fourth-order valence-corrected chi connectivity index (χ4v) is 1.19. The summed E-state index contributed by atoms with van der Waals surface area (Å²) < 4.78 is 0.343. The Bertz CT molecular complexity index is 375. The van der Waals surface area contributed by atoms with Crippen LogP contribution in [0.25, 0.3) is 6.08 Å². The van der Waals surface area contributed by atoms with Gasteiger partial charge < -0.3 is 15.3 Å². The second kappa shape index (κ2) is 4.32. The van der Waals surface area contributed by atoms with Crippen molar-refractivity contribution in [2.75, 3.05) is 0 Å². The van der Waals surface area contributed by atoms with Crippen LogP contribution in [0.4, 0.5) is 0 Å². The third-order valence-electron chi connectivity index (χ3n) is 1.47. The van der Waals surface area contributed by atoms with Crippen molar-refractivity contribution in [2.45, 2.75) is 0 Å². The molecule has 74 valence electrons. The lowest BCUT2D eigenvalue weighted by Crippen LogP contribution is -1.86. The van der Waals surface area contributed by atoms with Gasteiger partial charge >= 0.3 is 5.97 Å². The minimum Gasteiger partial charge on any atom is -0.507 e. The molecule has 0 aliphatic carbocycles. The molecule has 5 heteroatoms. The average Bonchev–Trinajstić information content (AvgIpc) is 2.10. The fourth-order valence-electron chi connectivity index (χ4n) is 0.879. The molecule has 0 radical (unpaired) electrons. The molecule has 0 bridgehead atoms. The number of carboxylic acid groups (broad SMARTS) is 1. The molecular formula is C9H7IO4. The fraction of sp³-hybridized carbons (Fsp3) is 0. The van der Waals surface area contributed by atoms with E-state index in [0.29, 0.717) is 9.13 Å². The van der Waals surface area contributed by atoms with E-state index in [-0.39, 0.29) is 11.5 Å². The van der Waals surface area contributed by atoms with E-state index < -0.39 is 5.97 Å². The molecule has 0 amide bonds. The zero-order valence-corrected chi connectivity index (χ0v) is 9.09. The summed E-state index contributed by atoms with van der Waals surface area (Å²) in [5.74, 6) is -1.23. The summed E-state index contributed by atoms with van der Waals surface area (Å²) in [4.78, 5) is 10.2. The highest BCUT2D eigenvalue weighted by Crippen LogP contribution is 2.30. The van der Waals surface area contributed by atoms with Gasteiger partial charge in [-0.15, -0.1) is 0 Å². The van der Waals surface area contributed by atoms with Crippen LogP contribution in [0.3, 0.4) is 0 Å². The van der Waals surface area contributed by atoms with Gasteiger partial charge in [0.05, 0.1) is 3.57 Å². The number of hydrogen-bond acceptors (Lipinski definition) is 3. The molecule has 0 aromatic heterocycles. The number of carboxylic acids is 1. The van der Waals surface area contributed by atoms with Gasteiger partial charge in [-0.25, -0.2) is 4.79 Å². The highest BCUT2D eigenvalue weighted by molar-refractivity contribution is 14.1. The Morgan fingerprint density at radius 1 is 1.29 bits per heavy atom. The van der Waals surface area contributed by atoms with E-state index in [1.54, 1.807) is 22.6 Å². The Kier molecular flexibility index (Phi) is 3.34. The Balaban J connectivity index is 3.07. The molecular weight excluding hydrogens is 299 g/mol. The maximum absolute atomic E-state index is 10.2. The van der Waals surface area contributed by atoms with E-state index in [9.17, 15) is 15.0 Å². The number of carbonyl (C=O) groups is 1. The second-order valence-electron chi connectivity index (χ2n) is 2.54. The summed E-state index contributed by atoms with van der Waals surface area (Å²) in [7, 11) is 0. The van der Waals surface area contributed by atoms with Crippen molar-refractivity contribution in [3.8, 4) is 11.5 Å². The number of phenolic OH excluding ortho intramolecular Hbond substituents is 2. The molecule has 0 heterocycles. The number of rotatable bonds is 2. The molecule has 1 rings (SSSR count). The molecule has 0 saturated carbocycles. The standard InChI is InChI=1S/C9H7IO4/c10-9-6(11)3-5(4-7(9)12)1-2-8(13)14/h1-4,11-12H,(H,13,14)/b2-1+. The van der Waals surface area contributed by atoms with Crippen LogP contribution in [0.5, 0.6) is 11.5 Å². The van der Waals surface area contributed by atoms with Crippen molar-refractivity contribution in [1.29, 1.82) is 0 Å². The molecule has 14 heavy (non-hydrogen) atoms. The highest BCUT2D eigenvalue weighted by atomic mass is 127. The minimum atomic E-state index is -1.08. The minimum absolute atomic E-state index is 0.0735. The lowest BCUT2D eigenvalue weighted by molar-refractivity contribution is -0.131. The Morgan fingerprint density at radius 3 is 2.21 bits per heavy atom. The van der Waals surface area contributed by atoms with Crippen molar-refractivity contribution in [3.05, 3.63) is 27.3 Å². The largest absolute Gasteiger partial charge is 0.507 e. The first kappa shape index (κ1) is 10.8. The van der Waals surface area contributed by atoms with Crippen molar-refractivity contribution >= 4 is 34.6 Å². The number of phenols is 2. The SMILES string of the molecule is O=C(O)/C=C/c1cc(O)c(I)c(O)c1. The summed E-state index contributed by atoms with van der Waals surface area (Å²) in [6, 6.07) is 2.75. The summed E-state index contributed by atoms with van der Waals surface area (Å²) in [6.45, 7) is 0. The zero-order chi connectivity index (χ0) is 10.7. The Hall–Kier alpha value is -1.24. The molecule has 0 atom stereocenters. The first-order valence-corrected chi connectivity index (χ1v) is 4.71. The molecule has 0 spiro atoms. The number of halogens is 1. The normalized spacial score (nSPS) is 10.6. The number of benzene rings is 1. The van der Waals surface area contributed by atoms with E-state index in [0.717, 1.165) is 6.08 Å². The molecule has 0 unspecified atom stereocenters. The number of aliphatic carboxylic acids is 1. The van der Waals surface area contributed by atoms with Gasteiger partial charge in [0.1, 0.15) is 11.5 Å². The maximum Gasteiger partial charge on any atom is 0.328 e. The number of aromatic hydroxyl groups is 2. The van der Waals surface area contributed by atoms with Crippen LogP contribution < -0.4 is 0 Å². The van der Waals surface area contributed by atoms with Crippen LogP contribution in [0.2, 0.25) is 0 Å². The van der Waals surface area contributed by atoms with Crippen molar-refractivity contribution in [3.63, 3.8) is 0 Å². The lowest BCUT2D eigenvalue weighted by Gasteiger charge is -2.01. The van der Waals surface area contributed by atoms with Gasteiger partial charge in [0.2, 0.25) is 0 Å². The Labute approximate surface area is 93.6 Å². The summed E-state index contributed by atoms with van der Waals surface area (Å²) in [5.41, 5.74) is 0.433. The van der Waals surface area contributed by atoms with Crippen LogP contribution in [0, 0.1) is 3.57 Å². The van der Waals surface area contributed by atoms with Gasteiger partial charge in [-0.3, -0.25) is 0 Å². The van der Waals surface area contributed by atoms with Crippen LogP contribution >= 0.6 is 22.6 Å². The highest BCUT2D eigenvalue weighted by Gasteiger charge is 2.04. The third kappa shape index (κ3) is 2.63. The van der Waals surface area contributed by atoms with Crippen LogP contribution in [0.15, 0.2) is 18.2 Å². The maximum atomic E-state index is 10.2. The summed E-state index contributed by atoms with van der Waals surface area (Å²) >= 11 is 1.79. The smallest absolute Gasteiger partial charge is 0.328 e. The molecule has 0 fully saturated rings. The van der Waals surface area contributed by atoms with E-state index >= 15 is 0 Å². The van der Waals surface area contributed by atoms with Gasteiger partial charge in [-0.1, -0.05) is 0 Å². The predicted octanol–water partition coefficient (Wildman–Crippen LogP) is 1.80. The number of hydrogen-bond donors (Lipinski definition) is 3. The molecule has 3 N–H and O–H groups in total. The summed E-state index contributed by atoms with van der Waals surface area (Å²) in [6.07, 6.45) is 2.22. The zero-order valence-electron chi connectivity index (χ0n) is 6.94. The van der Waals surface area contributed by atoms with Gasteiger partial charge in [0.25, 0.3) is 0 Å². The molecule has 0 saturated heterocycles. The second-order valence-corrected chi connectivity index (χ2v) is 3.62. The molecule has 4 nitrogen and oxygen atoms in total. The van der Waals surface area contributed by atoms with Gasteiger partial charge in [0.15, 0.2) is 0 Å². The molecule has 1 aromatic rings. The lowest BCUT2D eigenvalue weighted by atomic mass is 10.2. The van der Waals surface area contributed by atoms with Gasteiger partial charge in [-0.2, -0.15) is 0 Å². The molecule has 0 aliphatic rings. The van der Waals surface area contributed by atoms with Crippen LogP contribution in [-0.2, 0) is 4.79 Å². The van der Waals surface area contributed by atoms with E-state index in [1.165, 1.54) is 18.2 Å². The van der Waals surface area contributed by atoms with Gasteiger partial charge in [0, 0.05) is 6.08 Å². The molecule has 1 aromatic carbocycles. The van der Waals surface area contributed by atoms with E-state index in [4.69, 9.17) is 5.11 Å². The van der Waals surface area contributed by atoms with Crippen molar-refractivity contribution < 1.29 is 20.1 Å². The average molecular weight is 306 g/mol. The van der Waals surface area contributed by atoms with Crippen molar-refractivity contribution in [1.82, 2.24) is 0 Å². The van der Waals surface area contributed by atoms with E-state index in [1.807, 2.05) is 0 Å². The van der Waals surface area contributed by atoms with Crippen LogP contribution in [-0.4, -0.2) is 21.3 Å². The van der Waals surface area contributed by atoms with Gasteiger partial charge in [-0.05, 0) is 46.4 Å². The first-order chi connectivity index (χ1) is 6.50. The van der Waals surface area contributed by atoms with Crippen molar-refractivity contribution in [2.24, 2.45) is 0 Å². The first-order valence-electron chi connectivity index (χ1n) is 3.63.